The predicted octanol–water partition coefficient (Wildman–Crippen LogP) is 1.69. The number of rotatable bonds is 1. The molecule has 0 unspecified atom stereocenters. The summed E-state index contributed by atoms with van der Waals surface area (Å²) in [5.74, 6) is 0. The molecule has 0 aromatic carbocycles. The number of aryl methyl sites for hydroxylation is 1. The van der Waals surface area contributed by atoms with E-state index in [2.05, 4.69) is 14.9 Å². The van der Waals surface area contributed by atoms with E-state index in [9.17, 15) is 0 Å². The van der Waals surface area contributed by atoms with E-state index in [4.69, 9.17) is 0 Å². The second-order valence-electron chi connectivity index (χ2n) is 3.08. The average Bonchev–Trinajstić information content (AvgIpc) is 2.55. The third-order valence-corrected chi connectivity index (χ3v) is 2.27. The van der Waals surface area contributed by atoms with Crippen molar-refractivity contribution in [1.82, 2.24) is 14.9 Å². The highest BCUT2D eigenvalue weighted by atomic mass is 35.5. The van der Waals surface area contributed by atoms with E-state index in [-0.39, 0.29) is 24.8 Å². The van der Waals surface area contributed by atoms with E-state index < -0.39 is 0 Å². The van der Waals surface area contributed by atoms with Crippen LogP contribution in [-0.2, 0) is 7.05 Å². The number of hydrogen-bond donors (Lipinski definition) is 1. The molecule has 2 heterocycles. The Bertz CT molecular complexity index is 243. The van der Waals surface area contributed by atoms with Gasteiger partial charge in [-0.1, -0.05) is 0 Å². The highest BCUT2D eigenvalue weighted by Crippen LogP contribution is 2.21. The van der Waals surface area contributed by atoms with Gasteiger partial charge in [-0.25, -0.2) is 4.98 Å². The first-order chi connectivity index (χ1) is 5.38. The molecule has 13 heavy (non-hydrogen) atoms. The van der Waals surface area contributed by atoms with Gasteiger partial charge in [-0.2, -0.15) is 0 Å². The summed E-state index contributed by atoms with van der Waals surface area (Å²) in [5, 5.41) is 3.44. The summed E-state index contributed by atoms with van der Waals surface area (Å²) in [7, 11) is 2.04. The third-order valence-electron chi connectivity index (χ3n) is 2.27. The zero-order chi connectivity index (χ0) is 7.68. The summed E-state index contributed by atoms with van der Waals surface area (Å²) in [6.07, 6.45) is 6.34. The Morgan fingerprint density at radius 1 is 1.54 bits per heavy atom. The largest absolute Gasteiger partial charge is 0.336 e. The van der Waals surface area contributed by atoms with Gasteiger partial charge in [0.2, 0.25) is 0 Å². The zero-order valence-electron chi connectivity index (χ0n) is 7.56. The Morgan fingerprint density at radius 3 is 2.77 bits per heavy atom. The van der Waals surface area contributed by atoms with E-state index in [1.807, 2.05) is 19.6 Å². The second-order valence-corrected chi connectivity index (χ2v) is 3.08. The van der Waals surface area contributed by atoms with E-state index in [1.54, 1.807) is 0 Å². The molecule has 0 aliphatic carbocycles. The third kappa shape index (κ3) is 2.59. The van der Waals surface area contributed by atoms with Gasteiger partial charge >= 0.3 is 0 Å². The van der Waals surface area contributed by atoms with Crippen LogP contribution in [-0.4, -0.2) is 16.1 Å². The monoisotopic (exact) mass is 223 g/mol. The first-order valence-electron chi connectivity index (χ1n) is 4.07. The first kappa shape index (κ1) is 12.8. The summed E-state index contributed by atoms with van der Waals surface area (Å²) >= 11 is 0. The molecule has 5 heteroatoms. The Morgan fingerprint density at radius 2 is 2.31 bits per heavy atom. The lowest BCUT2D eigenvalue weighted by Gasteiger charge is -2.09. The van der Waals surface area contributed by atoms with Gasteiger partial charge in [0, 0.05) is 19.3 Å². The molecule has 1 aliphatic heterocycles. The molecule has 76 valence electrons. The molecule has 2 rings (SSSR count). The minimum Gasteiger partial charge on any atom is -0.336 e. The van der Waals surface area contributed by atoms with E-state index in [1.165, 1.54) is 18.5 Å². The van der Waals surface area contributed by atoms with Crippen molar-refractivity contribution in [3.63, 3.8) is 0 Å². The van der Waals surface area contributed by atoms with Crippen LogP contribution >= 0.6 is 24.8 Å². The molecule has 0 saturated carbocycles. The number of imidazole rings is 1. The van der Waals surface area contributed by atoms with Gasteiger partial charge in [-0.15, -0.1) is 24.8 Å². The highest BCUT2D eigenvalue weighted by molar-refractivity contribution is 5.85. The van der Waals surface area contributed by atoms with Gasteiger partial charge in [0.25, 0.3) is 0 Å². The molecule has 1 aromatic heterocycles. The molecule has 1 atom stereocenters. The summed E-state index contributed by atoms with van der Waals surface area (Å²) in [4.78, 5) is 4.09. The average molecular weight is 224 g/mol. The summed E-state index contributed by atoms with van der Waals surface area (Å²) in [6.45, 7) is 1.15. The topological polar surface area (TPSA) is 29.9 Å². The fourth-order valence-corrected chi connectivity index (χ4v) is 1.64. The fraction of sp³-hybridized carbons (Fsp3) is 0.625. The van der Waals surface area contributed by atoms with Crippen LogP contribution in [0.25, 0.3) is 0 Å². The molecule has 1 aliphatic rings. The Hall–Kier alpha value is -0.250. The molecule has 0 radical (unpaired) electrons. The number of hydrogen-bond acceptors (Lipinski definition) is 2. The predicted molar refractivity (Wildman–Crippen MR) is 57.7 cm³/mol. The van der Waals surface area contributed by atoms with Crippen LogP contribution in [0.3, 0.4) is 0 Å². The standard InChI is InChI=1S/C8H13N3.2ClH/c1-11-6-9-5-8(11)7-3-2-4-10-7;;/h5-7,10H,2-4H2,1H3;2*1H/t7-;;/m1../s1. The van der Waals surface area contributed by atoms with Crippen LogP contribution in [0, 0.1) is 0 Å². The lowest BCUT2D eigenvalue weighted by atomic mass is 10.2. The number of aromatic nitrogens is 2. The van der Waals surface area contributed by atoms with Crippen molar-refractivity contribution in [2.75, 3.05) is 6.54 Å². The smallest absolute Gasteiger partial charge is 0.0946 e. The molecular formula is C8H15Cl2N3. The van der Waals surface area contributed by atoms with Crippen LogP contribution < -0.4 is 5.32 Å². The lowest BCUT2D eigenvalue weighted by Crippen LogP contribution is -2.15. The van der Waals surface area contributed by atoms with E-state index in [0.29, 0.717) is 6.04 Å². The minimum absolute atomic E-state index is 0. The highest BCUT2D eigenvalue weighted by Gasteiger charge is 2.17. The summed E-state index contributed by atoms with van der Waals surface area (Å²) in [6, 6.07) is 0.544. The molecular weight excluding hydrogens is 209 g/mol. The fourth-order valence-electron chi connectivity index (χ4n) is 1.64. The SMILES string of the molecule is Cl.Cl.Cn1cncc1[C@H]1CCCN1. The summed E-state index contributed by atoms with van der Waals surface area (Å²) < 4.78 is 2.09. The molecule has 0 spiro atoms. The van der Waals surface area contributed by atoms with Gasteiger partial charge in [0.1, 0.15) is 0 Å². The van der Waals surface area contributed by atoms with Crippen molar-refractivity contribution in [2.24, 2.45) is 7.05 Å². The van der Waals surface area contributed by atoms with Crippen LogP contribution in [0.1, 0.15) is 24.6 Å². The number of halogens is 2. The molecule has 0 bridgehead atoms. The maximum absolute atomic E-state index is 4.09. The van der Waals surface area contributed by atoms with Crippen molar-refractivity contribution in [2.45, 2.75) is 18.9 Å². The molecule has 0 amide bonds. The van der Waals surface area contributed by atoms with Gasteiger partial charge < -0.3 is 9.88 Å². The lowest BCUT2D eigenvalue weighted by molar-refractivity contribution is 0.599. The van der Waals surface area contributed by atoms with Crippen LogP contribution in [0.15, 0.2) is 12.5 Å². The van der Waals surface area contributed by atoms with Crippen molar-refractivity contribution in [1.29, 1.82) is 0 Å². The van der Waals surface area contributed by atoms with Gasteiger partial charge in [0.05, 0.1) is 12.0 Å². The Balaban J connectivity index is 0.000000720. The van der Waals surface area contributed by atoms with Crippen LogP contribution in [0.5, 0.6) is 0 Å². The van der Waals surface area contributed by atoms with E-state index in [0.717, 1.165) is 6.54 Å². The van der Waals surface area contributed by atoms with Crippen molar-refractivity contribution in [3.8, 4) is 0 Å². The van der Waals surface area contributed by atoms with Crippen LogP contribution in [0.4, 0.5) is 0 Å². The Kier molecular flexibility index (Phi) is 5.37. The molecule has 1 N–H and O–H groups in total. The van der Waals surface area contributed by atoms with Crippen LogP contribution in [0.2, 0.25) is 0 Å². The summed E-state index contributed by atoms with van der Waals surface area (Å²) in [5.41, 5.74) is 1.31. The number of nitrogens with zero attached hydrogens (tertiary/aromatic N) is 2. The quantitative estimate of drug-likeness (QED) is 0.786. The van der Waals surface area contributed by atoms with Gasteiger partial charge in [0.15, 0.2) is 0 Å². The van der Waals surface area contributed by atoms with E-state index >= 15 is 0 Å². The molecule has 1 aromatic rings. The van der Waals surface area contributed by atoms with Gasteiger partial charge in [-0.3, -0.25) is 0 Å². The Labute approximate surface area is 90.7 Å². The molecule has 1 fully saturated rings. The van der Waals surface area contributed by atoms with Crippen molar-refractivity contribution in [3.05, 3.63) is 18.2 Å². The second kappa shape index (κ2) is 5.47. The minimum atomic E-state index is 0. The van der Waals surface area contributed by atoms with Crippen molar-refractivity contribution < 1.29 is 0 Å². The van der Waals surface area contributed by atoms with Crippen molar-refractivity contribution >= 4 is 24.8 Å². The molecule has 1 saturated heterocycles. The normalized spacial score (nSPS) is 20.5. The maximum atomic E-state index is 4.09. The molecule has 3 nitrogen and oxygen atoms in total. The van der Waals surface area contributed by atoms with Gasteiger partial charge in [-0.05, 0) is 19.4 Å². The number of nitrogens with one attached hydrogen (secondary N) is 1. The maximum Gasteiger partial charge on any atom is 0.0946 e. The zero-order valence-corrected chi connectivity index (χ0v) is 9.20. The first-order valence-corrected chi connectivity index (χ1v) is 4.07.